The van der Waals surface area contributed by atoms with Gasteiger partial charge in [-0.1, -0.05) is 6.07 Å². The zero-order valence-corrected chi connectivity index (χ0v) is 13.2. The third-order valence-electron chi connectivity index (χ3n) is 3.73. The smallest absolute Gasteiger partial charge is 0.244 e. The maximum absolute atomic E-state index is 13.6. The van der Waals surface area contributed by atoms with Crippen LogP contribution in [0.5, 0.6) is 0 Å². The second-order valence-corrected chi connectivity index (χ2v) is 8.64. The SMILES string of the molecule is C[C@@H]1[C@H](C)N(S(=O)(=O)c2cccc(F)c2C#N)CC[S@@]1=O. The summed E-state index contributed by atoms with van der Waals surface area (Å²) in [5, 5.41) is 8.69. The van der Waals surface area contributed by atoms with Crippen molar-refractivity contribution in [3.63, 3.8) is 0 Å². The van der Waals surface area contributed by atoms with Crippen LogP contribution in [0.4, 0.5) is 4.39 Å². The van der Waals surface area contributed by atoms with Crippen LogP contribution in [-0.2, 0) is 20.8 Å². The summed E-state index contributed by atoms with van der Waals surface area (Å²) in [6.07, 6.45) is 0. The van der Waals surface area contributed by atoms with Crippen molar-refractivity contribution in [2.24, 2.45) is 0 Å². The Labute approximate surface area is 125 Å². The zero-order valence-electron chi connectivity index (χ0n) is 11.6. The molecule has 2 rings (SSSR count). The van der Waals surface area contributed by atoms with E-state index in [1.807, 2.05) is 0 Å². The first-order chi connectivity index (χ1) is 9.80. The van der Waals surface area contributed by atoms with Crippen LogP contribution in [0.3, 0.4) is 0 Å². The lowest BCUT2D eigenvalue weighted by atomic mass is 10.2. The van der Waals surface area contributed by atoms with Crippen molar-refractivity contribution >= 4 is 20.8 Å². The number of benzene rings is 1. The molecule has 0 amide bonds. The van der Waals surface area contributed by atoms with Crippen LogP contribution in [0.1, 0.15) is 19.4 Å². The van der Waals surface area contributed by atoms with Crippen LogP contribution < -0.4 is 0 Å². The van der Waals surface area contributed by atoms with Gasteiger partial charge >= 0.3 is 0 Å². The molecule has 5 nitrogen and oxygen atoms in total. The highest BCUT2D eigenvalue weighted by Crippen LogP contribution is 2.27. The van der Waals surface area contributed by atoms with E-state index in [4.69, 9.17) is 5.26 Å². The Morgan fingerprint density at radius 1 is 1.43 bits per heavy atom. The quantitative estimate of drug-likeness (QED) is 0.817. The summed E-state index contributed by atoms with van der Waals surface area (Å²) in [4.78, 5) is -0.336. The lowest BCUT2D eigenvalue weighted by Crippen LogP contribution is -2.52. The predicted molar refractivity (Wildman–Crippen MR) is 76.9 cm³/mol. The molecule has 1 aliphatic heterocycles. The van der Waals surface area contributed by atoms with Crippen molar-refractivity contribution in [3.8, 4) is 6.07 Å². The predicted octanol–water partition coefficient (Wildman–Crippen LogP) is 1.23. The van der Waals surface area contributed by atoms with Crippen LogP contribution in [0.15, 0.2) is 23.1 Å². The van der Waals surface area contributed by atoms with E-state index in [2.05, 4.69) is 0 Å². The summed E-state index contributed by atoms with van der Waals surface area (Å²) in [5.74, 6) is -0.623. The van der Waals surface area contributed by atoms with Crippen molar-refractivity contribution in [1.82, 2.24) is 4.31 Å². The summed E-state index contributed by atoms with van der Waals surface area (Å²) >= 11 is 0. The van der Waals surface area contributed by atoms with Crippen LogP contribution >= 0.6 is 0 Å². The van der Waals surface area contributed by atoms with E-state index < -0.39 is 38.2 Å². The highest BCUT2D eigenvalue weighted by Gasteiger charge is 2.39. The van der Waals surface area contributed by atoms with Gasteiger partial charge in [0, 0.05) is 34.4 Å². The van der Waals surface area contributed by atoms with Gasteiger partial charge in [-0.05, 0) is 26.0 Å². The Bertz CT molecular complexity index is 727. The maximum atomic E-state index is 13.6. The molecule has 1 aliphatic rings. The number of nitriles is 1. The van der Waals surface area contributed by atoms with Crippen LogP contribution in [0.25, 0.3) is 0 Å². The minimum absolute atomic E-state index is 0.0990. The van der Waals surface area contributed by atoms with Gasteiger partial charge in [0.1, 0.15) is 22.3 Å². The van der Waals surface area contributed by atoms with Crippen LogP contribution in [0, 0.1) is 17.1 Å². The van der Waals surface area contributed by atoms with Gasteiger partial charge in [0.2, 0.25) is 10.0 Å². The molecule has 1 saturated heterocycles. The summed E-state index contributed by atoms with van der Waals surface area (Å²) in [5.41, 5.74) is -0.482. The average molecular weight is 330 g/mol. The number of rotatable bonds is 2. The van der Waals surface area contributed by atoms with Crippen LogP contribution in [0.2, 0.25) is 0 Å². The van der Waals surface area contributed by atoms with E-state index in [0.29, 0.717) is 0 Å². The van der Waals surface area contributed by atoms with E-state index in [1.165, 1.54) is 16.4 Å². The second kappa shape index (κ2) is 5.83. The van der Waals surface area contributed by atoms with Crippen molar-refractivity contribution in [3.05, 3.63) is 29.6 Å². The minimum Gasteiger partial charge on any atom is -0.259 e. The molecule has 1 fully saturated rings. The maximum Gasteiger partial charge on any atom is 0.244 e. The van der Waals surface area contributed by atoms with E-state index in [9.17, 15) is 17.0 Å². The van der Waals surface area contributed by atoms with Crippen molar-refractivity contribution in [2.45, 2.75) is 30.0 Å². The molecule has 0 aliphatic carbocycles. The molecular formula is C13H15FN2O3S2. The van der Waals surface area contributed by atoms with E-state index in [-0.39, 0.29) is 22.4 Å². The van der Waals surface area contributed by atoms with E-state index in [1.54, 1.807) is 19.9 Å². The molecule has 0 aromatic heterocycles. The molecular weight excluding hydrogens is 315 g/mol. The fourth-order valence-corrected chi connectivity index (χ4v) is 5.70. The third kappa shape index (κ3) is 2.73. The molecule has 21 heavy (non-hydrogen) atoms. The van der Waals surface area contributed by atoms with E-state index >= 15 is 0 Å². The first-order valence-electron chi connectivity index (χ1n) is 6.38. The standard InChI is InChI=1S/C13H15FN2O3S2/c1-9-10(2)20(17)7-6-16(9)21(18,19)13-5-3-4-12(14)11(13)8-15/h3-5,9-10H,6-7H2,1-2H3/t9-,10+,20-/m0/s1. The molecule has 0 spiro atoms. The lowest BCUT2D eigenvalue weighted by molar-refractivity contribution is 0.334. The molecule has 1 aromatic carbocycles. The number of hydrogen-bond donors (Lipinski definition) is 0. The molecule has 8 heteroatoms. The number of nitrogens with zero attached hydrogens (tertiary/aromatic N) is 2. The Morgan fingerprint density at radius 2 is 2.10 bits per heavy atom. The first kappa shape index (κ1) is 16.1. The summed E-state index contributed by atoms with van der Waals surface area (Å²) in [6, 6.07) is 4.67. The van der Waals surface area contributed by atoms with Gasteiger partial charge < -0.3 is 0 Å². The minimum atomic E-state index is -4.00. The molecule has 0 bridgehead atoms. The summed E-state index contributed by atoms with van der Waals surface area (Å²) in [7, 11) is -5.08. The second-order valence-electron chi connectivity index (χ2n) is 4.87. The van der Waals surface area contributed by atoms with E-state index in [0.717, 1.165) is 6.07 Å². The molecule has 0 N–H and O–H groups in total. The number of halogens is 1. The van der Waals surface area contributed by atoms with Gasteiger partial charge in [0.15, 0.2) is 0 Å². The van der Waals surface area contributed by atoms with Gasteiger partial charge in [-0.15, -0.1) is 0 Å². The molecule has 1 heterocycles. The van der Waals surface area contributed by atoms with Gasteiger partial charge in [0.05, 0.1) is 0 Å². The van der Waals surface area contributed by atoms with Gasteiger partial charge in [-0.25, -0.2) is 12.8 Å². The lowest BCUT2D eigenvalue weighted by Gasteiger charge is -2.36. The average Bonchev–Trinajstić information content (AvgIpc) is 2.44. The van der Waals surface area contributed by atoms with Gasteiger partial charge in [-0.2, -0.15) is 9.57 Å². The highest BCUT2D eigenvalue weighted by atomic mass is 32.2. The number of sulfonamides is 1. The Kier molecular flexibility index (Phi) is 4.46. The topological polar surface area (TPSA) is 78.2 Å². The molecule has 3 atom stereocenters. The van der Waals surface area contributed by atoms with Crippen LogP contribution in [-0.4, -0.2) is 40.5 Å². The normalized spacial score (nSPS) is 27.2. The summed E-state index contributed by atoms with van der Waals surface area (Å²) in [6.45, 7) is 3.49. The zero-order chi connectivity index (χ0) is 15.8. The van der Waals surface area contributed by atoms with Crippen molar-refractivity contribution < 1.29 is 17.0 Å². The molecule has 0 radical (unpaired) electrons. The monoisotopic (exact) mass is 330 g/mol. The van der Waals surface area contributed by atoms with Crippen molar-refractivity contribution in [1.29, 1.82) is 5.26 Å². The Balaban J connectivity index is 2.51. The molecule has 1 aromatic rings. The largest absolute Gasteiger partial charge is 0.259 e. The third-order valence-corrected chi connectivity index (χ3v) is 7.57. The fourth-order valence-electron chi connectivity index (χ4n) is 2.32. The first-order valence-corrected chi connectivity index (χ1v) is 9.20. The fraction of sp³-hybridized carbons (Fsp3) is 0.462. The van der Waals surface area contributed by atoms with Gasteiger partial charge in [0.25, 0.3) is 0 Å². The Morgan fingerprint density at radius 3 is 2.71 bits per heavy atom. The Hall–Kier alpha value is -1.30. The molecule has 0 unspecified atom stereocenters. The molecule has 114 valence electrons. The van der Waals surface area contributed by atoms with Crippen molar-refractivity contribution in [2.75, 3.05) is 12.3 Å². The van der Waals surface area contributed by atoms with Gasteiger partial charge in [-0.3, -0.25) is 4.21 Å². The molecule has 0 saturated carbocycles. The number of hydrogen-bond acceptors (Lipinski definition) is 4. The summed E-state index contributed by atoms with van der Waals surface area (Å²) < 4.78 is 52.0. The highest BCUT2D eigenvalue weighted by molar-refractivity contribution is 7.89.